The molecular weight excluding hydrogens is 264 g/mol. The minimum absolute atomic E-state index is 0.378. The number of nitrogens with one attached hydrogen (secondary N) is 1. The third-order valence-electron chi connectivity index (χ3n) is 4.03. The molecule has 0 aliphatic carbocycles. The summed E-state index contributed by atoms with van der Waals surface area (Å²) >= 11 is 0. The Kier molecular flexibility index (Phi) is 4.22. The Hall–Kier alpha value is -1.85. The molecule has 1 aromatic carbocycles. The number of rotatable bonds is 4. The van der Waals surface area contributed by atoms with E-state index in [4.69, 9.17) is 10.3 Å². The third kappa shape index (κ3) is 3.43. The van der Waals surface area contributed by atoms with Crippen LogP contribution in [-0.4, -0.2) is 36.2 Å². The first-order chi connectivity index (χ1) is 10.2. The maximum atomic E-state index is 5.53. The van der Waals surface area contributed by atoms with E-state index >= 15 is 0 Å². The average Bonchev–Trinajstić information content (AvgIpc) is 2.99. The van der Waals surface area contributed by atoms with Gasteiger partial charge in [0, 0.05) is 23.4 Å². The summed E-state index contributed by atoms with van der Waals surface area (Å²) in [7, 11) is 2.18. The highest BCUT2D eigenvalue weighted by molar-refractivity contribution is 5.62. The summed E-state index contributed by atoms with van der Waals surface area (Å²) in [5.41, 5.74) is 8.58. The highest BCUT2D eigenvalue weighted by atomic mass is 16.5. The minimum Gasteiger partial charge on any atom is -0.382 e. The van der Waals surface area contributed by atoms with Gasteiger partial charge < -0.3 is 20.5 Å². The Morgan fingerprint density at radius 2 is 2.00 bits per heavy atom. The molecule has 0 spiro atoms. The van der Waals surface area contributed by atoms with Crippen LogP contribution < -0.4 is 11.1 Å². The first kappa shape index (κ1) is 14.1. The van der Waals surface area contributed by atoms with Crippen LogP contribution in [0.4, 0.5) is 5.69 Å². The Morgan fingerprint density at radius 3 is 2.62 bits per heavy atom. The Bertz CT molecular complexity index is 570. The van der Waals surface area contributed by atoms with Crippen molar-refractivity contribution < 1.29 is 4.52 Å². The number of nitrogens with two attached hydrogens (primary N) is 1. The molecule has 112 valence electrons. The summed E-state index contributed by atoms with van der Waals surface area (Å²) in [4.78, 5) is 2.38. The fraction of sp³-hybridized carbons (Fsp3) is 0.438. The van der Waals surface area contributed by atoms with Crippen molar-refractivity contribution in [2.24, 2.45) is 5.73 Å². The van der Waals surface area contributed by atoms with Crippen LogP contribution in [0.25, 0.3) is 11.3 Å². The zero-order valence-corrected chi connectivity index (χ0v) is 12.4. The number of piperidine rings is 1. The smallest absolute Gasteiger partial charge is 0.150 e. The number of benzene rings is 1. The van der Waals surface area contributed by atoms with Gasteiger partial charge in [0.2, 0.25) is 0 Å². The molecule has 1 aliphatic heterocycles. The molecule has 0 radical (unpaired) electrons. The van der Waals surface area contributed by atoms with Gasteiger partial charge in [-0.05, 0) is 45.1 Å². The highest BCUT2D eigenvalue weighted by Crippen LogP contribution is 2.22. The quantitative estimate of drug-likeness (QED) is 0.902. The van der Waals surface area contributed by atoms with Crippen LogP contribution in [0, 0.1) is 0 Å². The number of aromatic nitrogens is 1. The molecular formula is C16H22N4O. The third-order valence-corrected chi connectivity index (χ3v) is 4.03. The van der Waals surface area contributed by atoms with Crippen molar-refractivity contribution in [3.8, 4) is 11.3 Å². The SMILES string of the molecule is CN1CCC(Nc2ccc(-c3cc(CN)on3)cc2)CC1. The molecule has 0 unspecified atom stereocenters. The van der Waals surface area contributed by atoms with E-state index in [1.807, 2.05) is 6.07 Å². The topological polar surface area (TPSA) is 67.3 Å². The van der Waals surface area contributed by atoms with E-state index < -0.39 is 0 Å². The van der Waals surface area contributed by atoms with Gasteiger partial charge >= 0.3 is 0 Å². The molecule has 0 bridgehead atoms. The largest absolute Gasteiger partial charge is 0.382 e. The van der Waals surface area contributed by atoms with Gasteiger partial charge in [-0.3, -0.25) is 0 Å². The average molecular weight is 286 g/mol. The molecule has 2 aromatic rings. The molecule has 1 fully saturated rings. The van der Waals surface area contributed by atoms with Gasteiger partial charge in [0.1, 0.15) is 5.69 Å². The van der Waals surface area contributed by atoms with Gasteiger partial charge in [0.05, 0.1) is 6.54 Å². The highest BCUT2D eigenvalue weighted by Gasteiger charge is 2.16. The second-order valence-electron chi connectivity index (χ2n) is 5.68. The second-order valence-corrected chi connectivity index (χ2v) is 5.68. The van der Waals surface area contributed by atoms with Crippen LogP contribution in [0.3, 0.4) is 0 Å². The Balaban J connectivity index is 1.64. The fourth-order valence-electron chi connectivity index (χ4n) is 2.67. The van der Waals surface area contributed by atoms with Crippen molar-refractivity contribution in [2.75, 3.05) is 25.5 Å². The molecule has 0 saturated carbocycles. The maximum absolute atomic E-state index is 5.53. The predicted molar refractivity (Wildman–Crippen MR) is 84.0 cm³/mol. The fourth-order valence-corrected chi connectivity index (χ4v) is 2.67. The number of hydrogen-bond donors (Lipinski definition) is 2. The summed E-state index contributed by atoms with van der Waals surface area (Å²) in [5.74, 6) is 0.707. The first-order valence-electron chi connectivity index (χ1n) is 7.46. The van der Waals surface area contributed by atoms with Gasteiger partial charge in [-0.15, -0.1) is 0 Å². The molecule has 1 aliphatic rings. The van der Waals surface area contributed by atoms with Crippen molar-refractivity contribution in [2.45, 2.75) is 25.4 Å². The molecule has 5 nitrogen and oxygen atoms in total. The molecule has 21 heavy (non-hydrogen) atoms. The van der Waals surface area contributed by atoms with Crippen molar-refractivity contribution in [3.63, 3.8) is 0 Å². The van der Waals surface area contributed by atoms with Crippen LogP contribution in [0.2, 0.25) is 0 Å². The molecule has 3 N–H and O–H groups in total. The summed E-state index contributed by atoms with van der Waals surface area (Å²) in [5, 5.41) is 7.64. The van der Waals surface area contributed by atoms with Crippen molar-refractivity contribution in [1.82, 2.24) is 10.1 Å². The summed E-state index contributed by atoms with van der Waals surface area (Å²) in [6.07, 6.45) is 2.39. The lowest BCUT2D eigenvalue weighted by Crippen LogP contribution is -2.36. The van der Waals surface area contributed by atoms with E-state index in [-0.39, 0.29) is 0 Å². The van der Waals surface area contributed by atoms with Crippen LogP contribution >= 0.6 is 0 Å². The molecule has 0 atom stereocenters. The summed E-state index contributed by atoms with van der Waals surface area (Å²) < 4.78 is 5.13. The van der Waals surface area contributed by atoms with Gasteiger partial charge in [0.25, 0.3) is 0 Å². The first-order valence-corrected chi connectivity index (χ1v) is 7.46. The van der Waals surface area contributed by atoms with E-state index in [1.165, 1.54) is 12.8 Å². The molecule has 0 amide bonds. The molecule has 1 saturated heterocycles. The molecule has 3 rings (SSSR count). The van der Waals surface area contributed by atoms with E-state index in [1.54, 1.807) is 0 Å². The monoisotopic (exact) mass is 286 g/mol. The lowest BCUT2D eigenvalue weighted by Gasteiger charge is -2.30. The number of likely N-dealkylation sites (tertiary alicyclic amines) is 1. The van der Waals surface area contributed by atoms with E-state index in [9.17, 15) is 0 Å². The number of nitrogens with zero attached hydrogens (tertiary/aromatic N) is 2. The van der Waals surface area contributed by atoms with Crippen LogP contribution in [0.1, 0.15) is 18.6 Å². The molecule has 2 heterocycles. The summed E-state index contributed by atoms with van der Waals surface area (Å²) in [6.45, 7) is 2.70. The second kappa shape index (κ2) is 6.28. The van der Waals surface area contributed by atoms with Crippen LogP contribution in [0.15, 0.2) is 34.9 Å². The van der Waals surface area contributed by atoms with Crippen LogP contribution in [-0.2, 0) is 6.54 Å². The van der Waals surface area contributed by atoms with Gasteiger partial charge in [0.15, 0.2) is 5.76 Å². The predicted octanol–water partition coefficient (Wildman–Crippen LogP) is 2.31. The van der Waals surface area contributed by atoms with Gasteiger partial charge in [-0.2, -0.15) is 0 Å². The zero-order valence-electron chi connectivity index (χ0n) is 12.4. The van der Waals surface area contributed by atoms with Crippen molar-refractivity contribution in [3.05, 3.63) is 36.1 Å². The van der Waals surface area contributed by atoms with Crippen molar-refractivity contribution in [1.29, 1.82) is 0 Å². The standard InChI is InChI=1S/C16H22N4O/c1-20-8-6-14(7-9-20)18-13-4-2-12(3-5-13)16-10-15(11-17)21-19-16/h2-5,10,14,18H,6-9,11,17H2,1H3. The van der Waals surface area contributed by atoms with Gasteiger partial charge in [-0.1, -0.05) is 17.3 Å². The number of hydrogen-bond acceptors (Lipinski definition) is 5. The molecule has 1 aromatic heterocycles. The Labute approximate surface area is 125 Å². The van der Waals surface area contributed by atoms with Gasteiger partial charge in [-0.25, -0.2) is 0 Å². The lowest BCUT2D eigenvalue weighted by molar-refractivity contribution is 0.264. The Morgan fingerprint density at radius 1 is 1.29 bits per heavy atom. The maximum Gasteiger partial charge on any atom is 0.150 e. The summed E-state index contributed by atoms with van der Waals surface area (Å²) in [6, 6.07) is 10.8. The minimum atomic E-state index is 0.378. The van der Waals surface area contributed by atoms with Crippen molar-refractivity contribution >= 4 is 5.69 Å². The zero-order chi connectivity index (χ0) is 14.7. The van der Waals surface area contributed by atoms with Crippen LogP contribution in [0.5, 0.6) is 0 Å². The molecule has 5 heteroatoms. The number of anilines is 1. The van der Waals surface area contributed by atoms with E-state index in [0.29, 0.717) is 18.3 Å². The van der Waals surface area contributed by atoms with E-state index in [0.717, 1.165) is 30.0 Å². The normalized spacial score (nSPS) is 17.0. The van der Waals surface area contributed by atoms with E-state index in [2.05, 4.69) is 46.7 Å². The lowest BCUT2D eigenvalue weighted by atomic mass is 10.0.